The molecule has 0 saturated heterocycles. The molecule has 20 heavy (non-hydrogen) atoms. The van der Waals surface area contributed by atoms with Gasteiger partial charge in [0.05, 0.1) is 10.0 Å². The average molecular weight is 335 g/mol. The molecule has 0 aliphatic heterocycles. The van der Waals surface area contributed by atoms with Gasteiger partial charge in [0, 0.05) is 5.56 Å². The molecular weight excluding hydrogens is 319 g/mol. The Labute approximate surface area is 127 Å². The molecular formula is C17H16BrFO. The van der Waals surface area contributed by atoms with E-state index in [1.807, 2.05) is 12.1 Å². The Bertz CT molecular complexity index is 639. The van der Waals surface area contributed by atoms with Gasteiger partial charge in [-0.3, -0.25) is 4.79 Å². The molecule has 0 radical (unpaired) electrons. The van der Waals surface area contributed by atoms with Crippen LogP contribution in [0.2, 0.25) is 0 Å². The van der Waals surface area contributed by atoms with Crippen LogP contribution >= 0.6 is 15.9 Å². The van der Waals surface area contributed by atoms with Crippen molar-refractivity contribution in [3.05, 3.63) is 69.4 Å². The Morgan fingerprint density at radius 1 is 1.05 bits per heavy atom. The van der Waals surface area contributed by atoms with E-state index in [1.54, 1.807) is 24.3 Å². The standard InChI is InChI=1S/C17H16BrFO/c1-17(2,3)12-9-7-11(8-10-12)16(20)13-5-4-6-14(18)15(13)19/h4-10H,1-3H3. The van der Waals surface area contributed by atoms with Crippen molar-refractivity contribution in [2.75, 3.05) is 0 Å². The lowest BCUT2D eigenvalue weighted by Gasteiger charge is -2.19. The van der Waals surface area contributed by atoms with Gasteiger partial charge in [-0.05, 0) is 39.0 Å². The number of benzene rings is 2. The van der Waals surface area contributed by atoms with Gasteiger partial charge in [0.15, 0.2) is 5.78 Å². The first-order valence-electron chi connectivity index (χ1n) is 6.40. The molecule has 1 nitrogen and oxygen atoms in total. The molecule has 0 amide bonds. The van der Waals surface area contributed by atoms with Crippen molar-refractivity contribution in [2.24, 2.45) is 0 Å². The van der Waals surface area contributed by atoms with Crippen molar-refractivity contribution in [3.63, 3.8) is 0 Å². The molecule has 0 saturated carbocycles. The van der Waals surface area contributed by atoms with Gasteiger partial charge in [0.25, 0.3) is 0 Å². The van der Waals surface area contributed by atoms with Crippen LogP contribution in [0.3, 0.4) is 0 Å². The van der Waals surface area contributed by atoms with Crippen LogP contribution < -0.4 is 0 Å². The summed E-state index contributed by atoms with van der Waals surface area (Å²) in [6.45, 7) is 6.33. The summed E-state index contributed by atoms with van der Waals surface area (Å²) in [4.78, 5) is 12.3. The molecule has 2 aromatic carbocycles. The SMILES string of the molecule is CC(C)(C)c1ccc(C(=O)c2cccc(Br)c2F)cc1. The Morgan fingerprint density at radius 3 is 2.20 bits per heavy atom. The summed E-state index contributed by atoms with van der Waals surface area (Å²) in [6.07, 6.45) is 0. The molecule has 2 aromatic rings. The molecule has 0 aliphatic carbocycles. The van der Waals surface area contributed by atoms with E-state index >= 15 is 0 Å². The smallest absolute Gasteiger partial charge is 0.196 e. The molecule has 3 heteroatoms. The van der Waals surface area contributed by atoms with Crippen molar-refractivity contribution in [1.82, 2.24) is 0 Å². The number of carbonyl (C=O) groups is 1. The van der Waals surface area contributed by atoms with Gasteiger partial charge < -0.3 is 0 Å². The molecule has 0 N–H and O–H groups in total. The van der Waals surface area contributed by atoms with Crippen molar-refractivity contribution in [1.29, 1.82) is 0 Å². The lowest BCUT2D eigenvalue weighted by molar-refractivity contribution is 0.103. The zero-order valence-corrected chi connectivity index (χ0v) is 13.3. The van der Waals surface area contributed by atoms with Crippen molar-refractivity contribution < 1.29 is 9.18 Å². The molecule has 0 bridgehead atoms. The fourth-order valence-electron chi connectivity index (χ4n) is 1.96. The maximum absolute atomic E-state index is 13.9. The van der Waals surface area contributed by atoms with Crippen LogP contribution in [0.1, 0.15) is 42.3 Å². The second-order valence-electron chi connectivity index (χ2n) is 5.76. The van der Waals surface area contributed by atoms with Crippen molar-refractivity contribution in [2.45, 2.75) is 26.2 Å². The summed E-state index contributed by atoms with van der Waals surface area (Å²) in [5.41, 5.74) is 1.75. The first-order chi connectivity index (χ1) is 9.30. The van der Waals surface area contributed by atoms with Crippen LogP contribution in [-0.4, -0.2) is 5.78 Å². The summed E-state index contributed by atoms with van der Waals surface area (Å²) in [5, 5.41) is 0. The first-order valence-corrected chi connectivity index (χ1v) is 7.19. The van der Waals surface area contributed by atoms with E-state index in [2.05, 4.69) is 36.7 Å². The number of halogens is 2. The van der Waals surface area contributed by atoms with E-state index in [-0.39, 0.29) is 16.8 Å². The number of rotatable bonds is 2. The number of carbonyl (C=O) groups excluding carboxylic acids is 1. The normalized spacial score (nSPS) is 11.4. The monoisotopic (exact) mass is 334 g/mol. The van der Waals surface area contributed by atoms with E-state index in [0.717, 1.165) is 5.56 Å². The molecule has 0 fully saturated rings. The largest absolute Gasteiger partial charge is 0.288 e. The molecule has 0 unspecified atom stereocenters. The first kappa shape index (κ1) is 14.9. The zero-order valence-electron chi connectivity index (χ0n) is 11.7. The third kappa shape index (κ3) is 2.98. The average Bonchev–Trinajstić information content (AvgIpc) is 2.40. The summed E-state index contributed by atoms with van der Waals surface area (Å²) in [6, 6.07) is 12.1. The Hall–Kier alpha value is -1.48. The Morgan fingerprint density at radius 2 is 1.65 bits per heavy atom. The minimum absolute atomic E-state index is 0.0304. The second kappa shape index (κ2) is 5.49. The summed E-state index contributed by atoms with van der Waals surface area (Å²) >= 11 is 3.10. The van der Waals surface area contributed by atoms with Gasteiger partial charge in [0.1, 0.15) is 5.82 Å². The summed E-state index contributed by atoms with van der Waals surface area (Å²) in [7, 11) is 0. The van der Waals surface area contributed by atoms with Crippen molar-refractivity contribution in [3.8, 4) is 0 Å². The molecule has 104 valence electrons. The van der Waals surface area contributed by atoms with Gasteiger partial charge in [-0.15, -0.1) is 0 Å². The Balaban J connectivity index is 2.37. The zero-order chi connectivity index (χ0) is 14.9. The predicted octanol–water partition coefficient (Wildman–Crippen LogP) is 5.12. The number of hydrogen-bond donors (Lipinski definition) is 0. The van der Waals surface area contributed by atoms with E-state index in [1.165, 1.54) is 6.07 Å². The van der Waals surface area contributed by atoms with Crippen LogP contribution in [0.15, 0.2) is 46.9 Å². The van der Waals surface area contributed by atoms with Crippen LogP contribution in [-0.2, 0) is 5.41 Å². The molecule has 0 atom stereocenters. The lowest BCUT2D eigenvalue weighted by Crippen LogP contribution is -2.11. The lowest BCUT2D eigenvalue weighted by atomic mass is 9.86. The van der Waals surface area contributed by atoms with Gasteiger partial charge >= 0.3 is 0 Å². The van der Waals surface area contributed by atoms with E-state index in [4.69, 9.17) is 0 Å². The topological polar surface area (TPSA) is 17.1 Å². The fourth-order valence-corrected chi connectivity index (χ4v) is 2.32. The van der Waals surface area contributed by atoms with E-state index in [9.17, 15) is 9.18 Å². The molecule has 0 aliphatic rings. The minimum atomic E-state index is -0.516. The van der Waals surface area contributed by atoms with Gasteiger partial charge in [0.2, 0.25) is 0 Å². The molecule has 0 heterocycles. The number of ketones is 1. The highest BCUT2D eigenvalue weighted by atomic mass is 79.9. The maximum atomic E-state index is 13.9. The molecule has 0 aromatic heterocycles. The van der Waals surface area contributed by atoms with E-state index < -0.39 is 5.82 Å². The fraction of sp³-hybridized carbons (Fsp3) is 0.235. The van der Waals surface area contributed by atoms with Gasteiger partial charge in [-0.25, -0.2) is 4.39 Å². The quantitative estimate of drug-likeness (QED) is 0.697. The predicted molar refractivity (Wildman–Crippen MR) is 82.7 cm³/mol. The summed E-state index contributed by atoms with van der Waals surface area (Å²) in [5.74, 6) is -0.818. The molecule has 2 rings (SSSR count). The maximum Gasteiger partial charge on any atom is 0.196 e. The highest BCUT2D eigenvalue weighted by Gasteiger charge is 2.17. The van der Waals surface area contributed by atoms with Crippen LogP contribution in [0, 0.1) is 5.82 Å². The second-order valence-corrected chi connectivity index (χ2v) is 6.61. The van der Waals surface area contributed by atoms with Gasteiger partial charge in [-0.2, -0.15) is 0 Å². The Kier molecular flexibility index (Phi) is 4.09. The summed E-state index contributed by atoms with van der Waals surface area (Å²) < 4.78 is 14.2. The number of hydrogen-bond acceptors (Lipinski definition) is 1. The highest BCUT2D eigenvalue weighted by Crippen LogP contribution is 2.24. The third-order valence-electron chi connectivity index (χ3n) is 3.21. The minimum Gasteiger partial charge on any atom is -0.288 e. The van der Waals surface area contributed by atoms with Crippen molar-refractivity contribution >= 4 is 21.7 Å². The van der Waals surface area contributed by atoms with Gasteiger partial charge in [-0.1, -0.05) is 51.1 Å². The van der Waals surface area contributed by atoms with E-state index in [0.29, 0.717) is 10.0 Å². The highest BCUT2D eigenvalue weighted by molar-refractivity contribution is 9.10. The van der Waals surface area contributed by atoms with Crippen LogP contribution in [0.5, 0.6) is 0 Å². The third-order valence-corrected chi connectivity index (χ3v) is 3.82. The molecule has 0 spiro atoms. The van der Waals surface area contributed by atoms with Crippen LogP contribution in [0.4, 0.5) is 4.39 Å². The van der Waals surface area contributed by atoms with Crippen LogP contribution in [0.25, 0.3) is 0 Å².